The van der Waals surface area contributed by atoms with Gasteiger partial charge in [0.05, 0.1) is 45.6 Å². The summed E-state index contributed by atoms with van der Waals surface area (Å²) >= 11 is 0. The van der Waals surface area contributed by atoms with Gasteiger partial charge in [0.15, 0.2) is 0 Å². The van der Waals surface area contributed by atoms with E-state index in [4.69, 9.17) is 0 Å². The van der Waals surface area contributed by atoms with Crippen LogP contribution in [0.25, 0.3) is 0 Å². The average Bonchev–Trinajstić information content (AvgIpc) is 3.32. The van der Waals surface area contributed by atoms with Crippen molar-refractivity contribution in [3.63, 3.8) is 0 Å². The fraction of sp³-hybridized carbons (Fsp3) is 0. The molecule has 6 heteroatoms. The van der Waals surface area contributed by atoms with E-state index in [1.807, 2.05) is 72.9 Å². The van der Waals surface area contributed by atoms with E-state index in [9.17, 15) is 0 Å². The Morgan fingerprint density at radius 2 is 0.577 bits per heavy atom. The van der Waals surface area contributed by atoms with Gasteiger partial charge in [-0.05, 0) is 72.9 Å². The number of allylic oxidation sites excluding steroid dienone is 12. The number of aliphatic imine (C=N–C) groups is 4. The van der Waals surface area contributed by atoms with Crippen LogP contribution in [0.4, 0.5) is 0 Å². The number of rotatable bonds is 0. The van der Waals surface area contributed by atoms with Crippen molar-refractivity contribution in [1.29, 1.82) is 0 Å². The lowest BCUT2D eigenvalue weighted by Crippen LogP contribution is -1.89. The first-order chi connectivity index (χ1) is 11.8. The van der Waals surface area contributed by atoms with Crippen molar-refractivity contribution in [3.05, 3.63) is 95.7 Å². The Labute approximate surface area is 172 Å². The average molecular weight is 470 g/mol. The number of fused-ring (bicyclic) bond motifs is 4. The Hall–Kier alpha value is -2.44. The lowest BCUT2D eigenvalue weighted by molar-refractivity contribution is 1.41. The van der Waals surface area contributed by atoms with E-state index in [1.54, 1.807) is 0 Å². The molecule has 0 saturated heterocycles. The van der Waals surface area contributed by atoms with E-state index in [2.05, 4.69) is 20.0 Å². The van der Waals surface area contributed by atoms with E-state index in [0.717, 1.165) is 45.6 Å². The third kappa shape index (κ3) is 3.71. The zero-order chi connectivity index (χ0) is 15.9. The largest absolute Gasteiger partial charge is 0.249 e. The normalized spacial score (nSPS) is 20.9. The van der Waals surface area contributed by atoms with Crippen molar-refractivity contribution in [2.45, 2.75) is 0 Å². The first kappa shape index (κ1) is 18.4. The molecule has 0 aliphatic carbocycles. The molecular formula is C20H14Br2N4. The van der Waals surface area contributed by atoms with Crippen LogP contribution in [0.3, 0.4) is 0 Å². The number of hydrogen-bond acceptors (Lipinski definition) is 4. The zero-order valence-electron chi connectivity index (χ0n) is 13.5. The highest BCUT2D eigenvalue weighted by molar-refractivity contribution is 8.93. The Kier molecular flexibility index (Phi) is 5.25. The van der Waals surface area contributed by atoms with Crippen molar-refractivity contribution in [1.82, 2.24) is 0 Å². The van der Waals surface area contributed by atoms with Gasteiger partial charge < -0.3 is 0 Å². The SMILES string of the molecule is Br.Br.C1=CC2=NC1=CC1=NC(=CC3=NC(=CC4=NC(=C2)C=C4)C=C3)C=C1. The smallest absolute Gasteiger partial charge is 0.0659 e. The molecule has 5 aliphatic rings. The molecule has 0 unspecified atom stereocenters. The molecule has 0 saturated carbocycles. The minimum absolute atomic E-state index is 0. The fourth-order valence-corrected chi connectivity index (χ4v) is 2.83. The van der Waals surface area contributed by atoms with Crippen LogP contribution in [0, 0.1) is 0 Å². The molecule has 128 valence electrons. The van der Waals surface area contributed by atoms with Crippen molar-refractivity contribution >= 4 is 56.8 Å². The van der Waals surface area contributed by atoms with Crippen LogP contribution in [-0.4, -0.2) is 22.8 Å². The predicted octanol–water partition coefficient (Wildman–Crippen LogP) is 4.73. The van der Waals surface area contributed by atoms with E-state index >= 15 is 0 Å². The van der Waals surface area contributed by atoms with Crippen molar-refractivity contribution in [3.8, 4) is 0 Å². The second kappa shape index (κ2) is 7.43. The lowest BCUT2D eigenvalue weighted by atomic mass is 10.2. The highest BCUT2D eigenvalue weighted by Gasteiger charge is 2.11. The van der Waals surface area contributed by atoms with E-state index in [0.29, 0.717) is 0 Å². The molecule has 0 N–H and O–H groups in total. The molecule has 0 aromatic heterocycles. The van der Waals surface area contributed by atoms with Crippen LogP contribution >= 0.6 is 34.0 Å². The van der Waals surface area contributed by atoms with Crippen LogP contribution in [0.1, 0.15) is 0 Å². The molecule has 4 nitrogen and oxygen atoms in total. The van der Waals surface area contributed by atoms with Crippen LogP contribution in [0.15, 0.2) is 116 Å². The summed E-state index contributed by atoms with van der Waals surface area (Å²) < 4.78 is 0. The van der Waals surface area contributed by atoms with E-state index in [-0.39, 0.29) is 34.0 Å². The Morgan fingerprint density at radius 1 is 0.346 bits per heavy atom. The lowest BCUT2D eigenvalue weighted by Gasteiger charge is -1.94. The maximum Gasteiger partial charge on any atom is 0.0659 e. The van der Waals surface area contributed by atoms with Gasteiger partial charge in [0, 0.05) is 0 Å². The minimum Gasteiger partial charge on any atom is -0.249 e. The van der Waals surface area contributed by atoms with Gasteiger partial charge in [0.25, 0.3) is 0 Å². The first-order valence-electron chi connectivity index (χ1n) is 7.74. The summed E-state index contributed by atoms with van der Waals surface area (Å²) in [6, 6.07) is 0. The number of hydrogen-bond donors (Lipinski definition) is 0. The van der Waals surface area contributed by atoms with Crippen molar-refractivity contribution in [2.24, 2.45) is 20.0 Å². The maximum atomic E-state index is 4.59. The van der Waals surface area contributed by atoms with E-state index < -0.39 is 0 Å². The molecule has 0 aromatic rings. The Morgan fingerprint density at radius 3 is 0.808 bits per heavy atom. The molecule has 26 heavy (non-hydrogen) atoms. The van der Waals surface area contributed by atoms with Crippen molar-refractivity contribution in [2.75, 3.05) is 0 Å². The van der Waals surface area contributed by atoms with Crippen LogP contribution < -0.4 is 0 Å². The highest BCUT2D eigenvalue weighted by Crippen LogP contribution is 2.20. The van der Waals surface area contributed by atoms with Gasteiger partial charge in [-0.1, -0.05) is 0 Å². The number of halogens is 2. The van der Waals surface area contributed by atoms with Crippen molar-refractivity contribution < 1.29 is 0 Å². The Bertz CT molecular complexity index is 852. The molecule has 0 fully saturated rings. The van der Waals surface area contributed by atoms with Gasteiger partial charge in [0.2, 0.25) is 0 Å². The molecule has 5 rings (SSSR count). The summed E-state index contributed by atoms with van der Waals surface area (Å²) in [5, 5.41) is 0. The molecule has 0 aromatic carbocycles. The standard InChI is InChI=1S/C20H12N4.2BrH/c1-2-14-10-16-5-6-18(23-16)12-20-8-7-19(24-20)11-17-4-3-15(22-17)9-13(1)21-14;;/h1-12H;2*1H. The summed E-state index contributed by atoms with van der Waals surface area (Å²) in [4.78, 5) is 18.4. The Balaban J connectivity index is 0.000000980. The van der Waals surface area contributed by atoms with Crippen LogP contribution in [0.5, 0.6) is 0 Å². The fourth-order valence-electron chi connectivity index (χ4n) is 2.83. The molecule has 5 aliphatic heterocycles. The summed E-state index contributed by atoms with van der Waals surface area (Å²) in [7, 11) is 0. The summed E-state index contributed by atoms with van der Waals surface area (Å²) in [6.07, 6.45) is 23.8. The third-order valence-electron chi connectivity index (χ3n) is 3.92. The zero-order valence-corrected chi connectivity index (χ0v) is 17.0. The van der Waals surface area contributed by atoms with E-state index in [1.165, 1.54) is 0 Å². The second-order valence-electron chi connectivity index (χ2n) is 5.76. The monoisotopic (exact) mass is 468 g/mol. The summed E-state index contributed by atoms with van der Waals surface area (Å²) in [6.45, 7) is 0. The molecule has 0 spiro atoms. The predicted molar refractivity (Wildman–Crippen MR) is 119 cm³/mol. The molecule has 5 heterocycles. The molecular weight excluding hydrogens is 456 g/mol. The third-order valence-corrected chi connectivity index (χ3v) is 3.92. The molecule has 8 bridgehead atoms. The quantitative estimate of drug-likeness (QED) is 0.492. The highest BCUT2D eigenvalue weighted by atomic mass is 79.9. The summed E-state index contributed by atoms with van der Waals surface area (Å²) in [5.41, 5.74) is 7.15. The molecule has 0 amide bonds. The van der Waals surface area contributed by atoms with Crippen LogP contribution in [0.2, 0.25) is 0 Å². The van der Waals surface area contributed by atoms with Crippen LogP contribution in [-0.2, 0) is 0 Å². The first-order valence-corrected chi connectivity index (χ1v) is 7.74. The van der Waals surface area contributed by atoms with Gasteiger partial charge in [-0.15, -0.1) is 34.0 Å². The van der Waals surface area contributed by atoms with Gasteiger partial charge in [-0.3, -0.25) is 0 Å². The molecule has 0 atom stereocenters. The van der Waals surface area contributed by atoms with Gasteiger partial charge in [0.1, 0.15) is 0 Å². The van der Waals surface area contributed by atoms with Gasteiger partial charge in [-0.25, -0.2) is 20.0 Å². The second-order valence-corrected chi connectivity index (χ2v) is 5.76. The van der Waals surface area contributed by atoms with Gasteiger partial charge in [-0.2, -0.15) is 0 Å². The van der Waals surface area contributed by atoms with Gasteiger partial charge >= 0.3 is 0 Å². The number of nitrogens with zero attached hydrogens (tertiary/aromatic N) is 4. The molecule has 0 radical (unpaired) electrons. The minimum atomic E-state index is 0. The summed E-state index contributed by atoms with van der Waals surface area (Å²) in [5.74, 6) is 0. The topological polar surface area (TPSA) is 49.4 Å². The maximum absolute atomic E-state index is 4.59.